The van der Waals surface area contributed by atoms with E-state index in [1.165, 1.54) is 17.7 Å². The van der Waals surface area contributed by atoms with Crippen molar-refractivity contribution < 1.29 is 14.3 Å². The van der Waals surface area contributed by atoms with Crippen molar-refractivity contribution in [3.63, 3.8) is 0 Å². The second kappa shape index (κ2) is 9.45. The maximum absolute atomic E-state index is 12.3. The van der Waals surface area contributed by atoms with Crippen molar-refractivity contribution in [3.8, 4) is 5.75 Å². The van der Waals surface area contributed by atoms with E-state index in [0.29, 0.717) is 17.2 Å². The first-order valence-corrected chi connectivity index (χ1v) is 10.0. The van der Waals surface area contributed by atoms with Crippen LogP contribution >= 0.6 is 0 Å². The first kappa shape index (κ1) is 20.7. The molecule has 0 aliphatic carbocycles. The molecular formula is C23H29N3O3. The number of benzene rings is 2. The molecule has 1 fully saturated rings. The van der Waals surface area contributed by atoms with Crippen LogP contribution in [0.25, 0.3) is 0 Å². The highest BCUT2D eigenvalue weighted by Gasteiger charge is 2.19. The monoisotopic (exact) mass is 395 g/mol. The molecule has 0 aromatic heterocycles. The summed E-state index contributed by atoms with van der Waals surface area (Å²) in [5.41, 5.74) is 2.25. The van der Waals surface area contributed by atoms with Crippen molar-refractivity contribution in [2.45, 2.75) is 19.8 Å². The van der Waals surface area contributed by atoms with Gasteiger partial charge in [-0.05, 0) is 55.2 Å². The molecule has 0 radical (unpaired) electrons. The van der Waals surface area contributed by atoms with Gasteiger partial charge in [-0.25, -0.2) is 0 Å². The fourth-order valence-corrected chi connectivity index (χ4v) is 3.54. The maximum atomic E-state index is 12.3. The zero-order valence-corrected chi connectivity index (χ0v) is 17.4. The summed E-state index contributed by atoms with van der Waals surface area (Å²) in [4.78, 5) is 28.1. The van der Waals surface area contributed by atoms with Crippen LogP contribution in [0.1, 0.15) is 30.1 Å². The van der Waals surface area contributed by atoms with Crippen LogP contribution in [0.3, 0.4) is 0 Å². The maximum Gasteiger partial charge on any atom is 0.262 e. The Balaban J connectivity index is 1.58. The molecule has 1 atom stereocenters. The lowest BCUT2D eigenvalue weighted by atomic mass is 9.99. The largest absolute Gasteiger partial charge is 0.482 e. The molecule has 1 saturated heterocycles. The summed E-state index contributed by atoms with van der Waals surface area (Å²) in [6.45, 7) is 4.21. The van der Waals surface area contributed by atoms with Gasteiger partial charge in [-0.2, -0.15) is 0 Å². The molecule has 2 amide bonds. The Morgan fingerprint density at radius 2 is 1.86 bits per heavy atom. The number of carbonyl (C=O) groups excluding carboxylic acids is 2. The molecule has 6 nitrogen and oxygen atoms in total. The predicted octanol–water partition coefficient (Wildman–Crippen LogP) is 3.64. The van der Waals surface area contributed by atoms with Gasteiger partial charge in [-0.15, -0.1) is 0 Å². The van der Waals surface area contributed by atoms with Gasteiger partial charge in [0, 0.05) is 38.4 Å². The van der Waals surface area contributed by atoms with E-state index in [4.69, 9.17) is 4.74 Å². The van der Waals surface area contributed by atoms with Crippen molar-refractivity contribution in [3.05, 3.63) is 54.1 Å². The van der Waals surface area contributed by atoms with Crippen LogP contribution in [0, 0.1) is 5.92 Å². The Morgan fingerprint density at radius 1 is 1.14 bits per heavy atom. The molecule has 1 N–H and O–H groups in total. The van der Waals surface area contributed by atoms with Crippen molar-refractivity contribution in [1.29, 1.82) is 0 Å². The molecule has 2 aromatic rings. The first-order chi connectivity index (χ1) is 13.9. The van der Waals surface area contributed by atoms with Crippen LogP contribution in [0.4, 0.5) is 11.4 Å². The van der Waals surface area contributed by atoms with Gasteiger partial charge in [0.05, 0.1) is 5.69 Å². The lowest BCUT2D eigenvalue weighted by molar-refractivity contribution is -0.118. The number of ether oxygens (including phenoxy) is 1. The minimum atomic E-state index is -0.237. The number of para-hydroxylation sites is 2. The molecule has 0 bridgehead atoms. The summed E-state index contributed by atoms with van der Waals surface area (Å²) in [6, 6.07) is 14.7. The zero-order valence-electron chi connectivity index (χ0n) is 17.4. The van der Waals surface area contributed by atoms with E-state index in [1.807, 2.05) is 24.3 Å². The fourth-order valence-electron chi connectivity index (χ4n) is 3.54. The van der Waals surface area contributed by atoms with Crippen LogP contribution in [0.15, 0.2) is 48.5 Å². The number of rotatable bonds is 6. The number of nitrogens with one attached hydrogen (secondary N) is 1. The zero-order chi connectivity index (χ0) is 20.8. The second-order valence-corrected chi connectivity index (χ2v) is 7.77. The van der Waals surface area contributed by atoms with Crippen LogP contribution < -0.4 is 15.0 Å². The normalized spacial score (nSPS) is 16.2. The van der Waals surface area contributed by atoms with Gasteiger partial charge >= 0.3 is 0 Å². The number of amides is 2. The summed E-state index contributed by atoms with van der Waals surface area (Å²) < 4.78 is 5.84. The molecule has 1 aliphatic rings. The van der Waals surface area contributed by atoms with E-state index in [2.05, 4.69) is 17.1 Å². The van der Waals surface area contributed by atoms with Crippen LogP contribution in [-0.2, 0) is 4.79 Å². The highest BCUT2D eigenvalue weighted by atomic mass is 16.5. The molecule has 0 saturated carbocycles. The van der Waals surface area contributed by atoms with Gasteiger partial charge in [0.1, 0.15) is 5.75 Å². The Hall–Kier alpha value is -3.02. The van der Waals surface area contributed by atoms with Gasteiger partial charge in [0.2, 0.25) is 0 Å². The fraction of sp³-hybridized carbons (Fsp3) is 0.391. The molecule has 6 heteroatoms. The third-order valence-corrected chi connectivity index (χ3v) is 5.04. The van der Waals surface area contributed by atoms with E-state index in [9.17, 15) is 9.59 Å². The molecule has 29 heavy (non-hydrogen) atoms. The molecule has 154 valence electrons. The number of hydrogen-bond acceptors (Lipinski definition) is 4. The van der Waals surface area contributed by atoms with Gasteiger partial charge < -0.3 is 19.9 Å². The summed E-state index contributed by atoms with van der Waals surface area (Å²) >= 11 is 0. The summed E-state index contributed by atoms with van der Waals surface area (Å²) in [5, 5.41) is 2.81. The Kier molecular flexibility index (Phi) is 6.75. The number of piperidine rings is 1. The highest BCUT2D eigenvalue weighted by Crippen LogP contribution is 2.31. The molecule has 3 rings (SSSR count). The molecule has 1 heterocycles. The van der Waals surface area contributed by atoms with E-state index < -0.39 is 0 Å². The topological polar surface area (TPSA) is 61.9 Å². The third-order valence-electron chi connectivity index (χ3n) is 5.04. The third kappa shape index (κ3) is 5.50. The lowest BCUT2D eigenvalue weighted by Crippen LogP contribution is -2.34. The number of nitrogens with zero attached hydrogens (tertiary/aromatic N) is 2. The summed E-state index contributed by atoms with van der Waals surface area (Å²) in [5.74, 6) is 1.07. The molecule has 2 aromatic carbocycles. The highest BCUT2D eigenvalue weighted by molar-refractivity contribution is 5.95. The average Bonchev–Trinajstić information content (AvgIpc) is 2.72. The van der Waals surface area contributed by atoms with Crippen LogP contribution in [0.5, 0.6) is 5.75 Å². The van der Waals surface area contributed by atoms with Gasteiger partial charge in [-0.1, -0.05) is 19.1 Å². The van der Waals surface area contributed by atoms with Crippen molar-refractivity contribution in [2.24, 2.45) is 5.92 Å². The van der Waals surface area contributed by atoms with E-state index in [1.54, 1.807) is 38.4 Å². The quantitative estimate of drug-likeness (QED) is 0.811. The van der Waals surface area contributed by atoms with Crippen molar-refractivity contribution in [2.75, 3.05) is 44.0 Å². The van der Waals surface area contributed by atoms with E-state index >= 15 is 0 Å². The Bertz CT molecular complexity index is 849. The number of anilines is 2. The smallest absolute Gasteiger partial charge is 0.262 e. The van der Waals surface area contributed by atoms with Crippen LogP contribution in [0.2, 0.25) is 0 Å². The van der Waals surface area contributed by atoms with Gasteiger partial charge in [0.15, 0.2) is 6.61 Å². The van der Waals surface area contributed by atoms with E-state index in [-0.39, 0.29) is 18.4 Å². The minimum Gasteiger partial charge on any atom is -0.482 e. The molecule has 1 unspecified atom stereocenters. The second-order valence-electron chi connectivity index (χ2n) is 7.77. The summed E-state index contributed by atoms with van der Waals surface area (Å²) in [6.07, 6.45) is 2.42. The van der Waals surface area contributed by atoms with Gasteiger partial charge in [-0.3, -0.25) is 9.59 Å². The molecule has 0 spiro atoms. The Labute approximate surface area is 172 Å². The van der Waals surface area contributed by atoms with Gasteiger partial charge in [0.25, 0.3) is 11.8 Å². The summed E-state index contributed by atoms with van der Waals surface area (Å²) in [7, 11) is 3.41. The standard InChI is InChI=1S/C23H29N3O3/c1-17-7-6-14-26(15-17)20-8-4-5-9-21(20)29-16-22(27)24-19-12-10-18(11-13-19)23(28)25(2)3/h4-5,8-13,17H,6-7,14-16H2,1-3H3,(H,24,27). The molecule has 1 aliphatic heterocycles. The average molecular weight is 396 g/mol. The Morgan fingerprint density at radius 3 is 2.55 bits per heavy atom. The predicted molar refractivity (Wildman–Crippen MR) is 116 cm³/mol. The SMILES string of the molecule is CC1CCCN(c2ccccc2OCC(=O)Nc2ccc(C(=O)N(C)C)cc2)C1. The lowest BCUT2D eigenvalue weighted by Gasteiger charge is -2.33. The van der Waals surface area contributed by atoms with Crippen LogP contribution in [-0.4, -0.2) is 50.5 Å². The number of carbonyl (C=O) groups is 2. The van der Waals surface area contributed by atoms with Crippen molar-refractivity contribution >= 4 is 23.2 Å². The number of hydrogen-bond donors (Lipinski definition) is 1. The van der Waals surface area contributed by atoms with E-state index in [0.717, 1.165) is 24.5 Å². The minimum absolute atomic E-state index is 0.0706. The first-order valence-electron chi connectivity index (χ1n) is 10.0. The van der Waals surface area contributed by atoms with Crippen molar-refractivity contribution in [1.82, 2.24) is 4.90 Å². The molecular weight excluding hydrogens is 366 g/mol.